The number of nitrogens with one attached hydrogen (secondary N) is 1. The molecule has 1 unspecified atom stereocenters. The van der Waals surface area contributed by atoms with Gasteiger partial charge in [0.25, 0.3) is 0 Å². The normalized spacial score (nSPS) is 12.4. The van der Waals surface area contributed by atoms with Crippen LogP contribution in [0.3, 0.4) is 0 Å². The molecule has 1 atom stereocenters. The largest absolute Gasteiger partial charge is 0.493 e. The standard InChI is InChI=1S/C22H24N4O2/c1-17(15-26-14-2-13-25-26)16-27-19-7-9-21(10-8-19)28-20-5-3-18(4-6-20)22(24)11-12-23/h2-14,17,23H,15-16,24H2,1H3/b22-11-,23-12?. The van der Waals surface area contributed by atoms with Gasteiger partial charge in [-0.15, -0.1) is 0 Å². The summed E-state index contributed by atoms with van der Waals surface area (Å²) in [6.45, 7) is 3.57. The van der Waals surface area contributed by atoms with Crippen LogP contribution in [0.5, 0.6) is 17.2 Å². The predicted octanol–water partition coefficient (Wildman–Crippen LogP) is 4.34. The molecule has 0 bridgehead atoms. The first-order valence-electron chi connectivity index (χ1n) is 9.09. The number of ether oxygens (including phenoxy) is 2. The van der Waals surface area contributed by atoms with Gasteiger partial charge in [0, 0.05) is 36.8 Å². The number of hydrogen-bond acceptors (Lipinski definition) is 5. The van der Waals surface area contributed by atoms with Gasteiger partial charge < -0.3 is 20.6 Å². The van der Waals surface area contributed by atoms with Crippen molar-refractivity contribution in [1.29, 1.82) is 5.41 Å². The average molecular weight is 376 g/mol. The van der Waals surface area contributed by atoms with E-state index in [1.165, 1.54) is 6.21 Å². The predicted molar refractivity (Wildman–Crippen MR) is 111 cm³/mol. The summed E-state index contributed by atoms with van der Waals surface area (Å²) in [4.78, 5) is 0. The van der Waals surface area contributed by atoms with Crippen LogP contribution in [0.4, 0.5) is 0 Å². The Balaban J connectivity index is 1.51. The Labute approximate surface area is 164 Å². The maximum Gasteiger partial charge on any atom is 0.127 e. The quantitative estimate of drug-likeness (QED) is 0.544. The molecule has 1 heterocycles. The van der Waals surface area contributed by atoms with Crippen LogP contribution in [-0.2, 0) is 6.54 Å². The van der Waals surface area contributed by atoms with Crippen molar-refractivity contribution < 1.29 is 9.47 Å². The molecule has 3 N–H and O–H groups in total. The van der Waals surface area contributed by atoms with Crippen molar-refractivity contribution in [1.82, 2.24) is 9.78 Å². The zero-order valence-corrected chi connectivity index (χ0v) is 15.8. The van der Waals surface area contributed by atoms with Gasteiger partial charge in [-0.05, 0) is 66.2 Å². The minimum atomic E-state index is 0.350. The Morgan fingerprint density at radius 1 is 1.11 bits per heavy atom. The van der Waals surface area contributed by atoms with Crippen LogP contribution in [0.25, 0.3) is 5.70 Å². The van der Waals surface area contributed by atoms with Gasteiger partial charge in [0.05, 0.1) is 6.61 Å². The van der Waals surface area contributed by atoms with E-state index >= 15 is 0 Å². The topological polar surface area (TPSA) is 86.2 Å². The fraction of sp³-hybridized carbons (Fsp3) is 0.182. The lowest BCUT2D eigenvalue weighted by molar-refractivity contribution is 0.239. The lowest BCUT2D eigenvalue weighted by Crippen LogP contribution is -2.15. The number of allylic oxidation sites excluding steroid dienone is 1. The molecule has 0 amide bonds. The first kappa shape index (κ1) is 19.2. The van der Waals surface area contributed by atoms with Gasteiger partial charge in [0.1, 0.15) is 17.2 Å². The highest BCUT2D eigenvalue weighted by Crippen LogP contribution is 2.25. The maximum absolute atomic E-state index is 7.07. The van der Waals surface area contributed by atoms with E-state index in [-0.39, 0.29) is 0 Å². The summed E-state index contributed by atoms with van der Waals surface area (Å²) in [5, 5.41) is 11.3. The summed E-state index contributed by atoms with van der Waals surface area (Å²) in [5.74, 6) is 2.60. The van der Waals surface area contributed by atoms with Gasteiger partial charge in [-0.3, -0.25) is 4.68 Å². The molecule has 0 saturated carbocycles. The van der Waals surface area contributed by atoms with Gasteiger partial charge in [-0.1, -0.05) is 6.92 Å². The van der Waals surface area contributed by atoms with Crippen LogP contribution < -0.4 is 15.2 Å². The van der Waals surface area contributed by atoms with Crippen LogP contribution in [-0.4, -0.2) is 22.6 Å². The number of aromatic nitrogens is 2. The first-order chi connectivity index (χ1) is 13.6. The Morgan fingerprint density at radius 2 is 1.75 bits per heavy atom. The zero-order valence-electron chi connectivity index (χ0n) is 15.8. The third kappa shape index (κ3) is 5.48. The molecule has 1 aromatic heterocycles. The second-order valence-electron chi connectivity index (χ2n) is 6.53. The van der Waals surface area contributed by atoms with E-state index in [1.54, 1.807) is 12.3 Å². The van der Waals surface area contributed by atoms with E-state index in [0.717, 1.165) is 23.6 Å². The molecule has 144 valence electrons. The summed E-state index contributed by atoms with van der Waals surface area (Å²) in [6, 6.07) is 16.9. The number of benzene rings is 2. The summed E-state index contributed by atoms with van der Waals surface area (Å²) < 4.78 is 13.6. The summed E-state index contributed by atoms with van der Waals surface area (Å²) in [5.41, 5.74) is 7.26. The highest BCUT2D eigenvalue weighted by molar-refractivity contribution is 5.81. The molecule has 6 heteroatoms. The summed E-state index contributed by atoms with van der Waals surface area (Å²) in [7, 11) is 0. The van der Waals surface area contributed by atoms with Crippen molar-refractivity contribution in [2.75, 3.05) is 6.61 Å². The Morgan fingerprint density at radius 3 is 2.36 bits per heavy atom. The molecular weight excluding hydrogens is 352 g/mol. The van der Waals surface area contributed by atoms with Crippen molar-refractivity contribution in [2.45, 2.75) is 13.5 Å². The fourth-order valence-electron chi connectivity index (χ4n) is 2.66. The van der Waals surface area contributed by atoms with E-state index in [1.807, 2.05) is 65.5 Å². The molecule has 0 spiro atoms. The number of hydrogen-bond donors (Lipinski definition) is 2. The van der Waals surface area contributed by atoms with Crippen molar-refractivity contribution >= 4 is 11.9 Å². The maximum atomic E-state index is 7.07. The van der Waals surface area contributed by atoms with E-state index in [9.17, 15) is 0 Å². The minimum Gasteiger partial charge on any atom is -0.493 e. The number of nitrogens with zero attached hydrogens (tertiary/aromatic N) is 2. The molecule has 0 aliphatic carbocycles. The van der Waals surface area contributed by atoms with Crippen molar-refractivity contribution in [3.63, 3.8) is 0 Å². The van der Waals surface area contributed by atoms with Crippen molar-refractivity contribution in [3.05, 3.63) is 78.6 Å². The van der Waals surface area contributed by atoms with Gasteiger partial charge in [-0.2, -0.15) is 5.10 Å². The minimum absolute atomic E-state index is 0.350. The van der Waals surface area contributed by atoms with Gasteiger partial charge >= 0.3 is 0 Å². The molecule has 6 nitrogen and oxygen atoms in total. The summed E-state index contributed by atoms with van der Waals surface area (Å²) >= 11 is 0. The number of rotatable bonds is 9. The second-order valence-corrected chi connectivity index (χ2v) is 6.53. The summed E-state index contributed by atoms with van der Waals surface area (Å²) in [6.07, 6.45) is 6.45. The van der Waals surface area contributed by atoms with E-state index in [0.29, 0.717) is 24.0 Å². The van der Waals surface area contributed by atoms with Crippen molar-refractivity contribution in [2.24, 2.45) is 11.7 Å². The second kappa shape index (κ2) is 9.41. The van der Waals surface area contributed by atoms with Crippen LogP contribution >= 0.6 is 0 Å². The molecule has 0 radical (unpaired) electrons. The van der Waals surface area contributed by atoms with Crippen LogP contribution in [0.2, 0.25) is 0 Å². The van der Waals surface area contributed by atoms with Gasteiger partial charge in [-0.25, -0.2) is 0 Å². The average Bonchev–Trinajstić information content (AvgIpc) is 3.21. The highest BCUT2D eigenvalue weighted by atomic mass is 16.5. The fourth-order valence-corrected chi connectivity index (χ4v) is 2.66. The zero-order chi connectivity index (χ0) is 19.8. The smallest absolute Gasteiger partial charge is 0.127 e. The first-order valence-corrected chi connectivity index (χ1v) is 9.09. The van der Waals surface area contributed by atoms with Gasteiger partial charge in [0.15, 0.2) is 0 Å². The van der Waals surface area contributed by atoms with E-state index in [2.05, 4.69) is 12.0 Å². The Kier molecular flexibility index (Phi) is 6.46. The van der Waals surface area contributed by atoms with Gasteiger partial charge in [0.2, 0.25) is 0 Å². The monoisotopic (exact) mass is 376 g/mol. The highest BCUT2D eigenvalue weighted by Gasteiger charge is 2.06. The molecule has 3 rings (SSSR count). The van der Waals surface area contributed by atoms with Crippen molar-refractivity contribution in [3.8, 4) is 17.2 Å². The molecule has 2 aromatic carbocycles. The lowest BCUT2D eigenvalue weighted by atomic mass is 10.1. The van der Waals surface area contributed by atoms with Crippen LogP contribution in [0, 0.1) is 11.3 Å². The number of nitrogens with two attached hydrogens (primary N) is 1. The van der Waals surface area contributed by atoms with Crippen LogP contribution in [0.1, 0.15) is 12.5 Å². The molecule has 0 fully saturated rings. The lowest BCUT2D eigenvalue weighted by Gasteiger charge is -2.13. The van der Waals surface area contributed by atoms with E-state index in [4.69, 9.17) is 20.6 Å². The third-order valence-electron chi connectivity index (χ3n) is 4.10. The Bertz CT molecular complexity index is 901. The molecule has 3 aromatic rings. The third-order valence-corrected chi connectivity index (χ3v) is 4.10. The molecule has 0 aliphatic heterocycles. The SMILES string of the molecule is CC(COc1ccc(Oc2ccc(/C(N)=C/C=N)cc2)cc1)Cn1cccn1. The molecule has 0 saturated heterocycles. The van der Waals surface area contributed by atoms with Crippen LogP contribution in [0.15, 0.2) is 73.1 Å². The Hall–Kier alpha value is -3.54. The molecule has 0 aliphatic rings. The van der Waals surface area contributed by atoms with E-state index < -0.39 is 0 Å². The molecule has 28 heavy (non-hydrogen) atoms. The molecular formula is C22H24N4O2.